The smallest absolute Gasteiger partial charge is 0.0119 e. The van der Waals surface area contributed by atoms with E-state index in [0.29, 0.717) is 6.04 Å². The molecule has 0 radical (unpaired) electrons. The molecule has 0 aliphatic carbocycles. The monoisotopic (exact) mass is 142 g/mol. The summed E-state index contributed by atoms with van der Waals surface area (Å²) in [6, 6.07) is 1.52. The quantitative estimate of drug-likeness (QED) is 0.623. The lowest BCUT2D eigenvalue weighted by atomic mass is 9.97. The predicted octanol–water partition coefficient (Wildman–Crippen LogP) is 0.688. The predicted molar refractivity (Wildman–Crippen MR) is 44.2 cm³/mol. The molecule has 0 spiro atoms. The van der Waals surface area contributed by atoms with Gasteiger partial charge in [-0.05, 0) is 40.4 Å². The van der Waals surface area contributed by atoms with Gasteiger partial charge in [-0.25, -0.2) is 0 Å². The molecule has 1 rings (SSSR count). The van der Waals surface area contributed by atoms with Crippen molar-refractivity contribution in [1.82, 2.24) is 10.2 Å². The van der Waals surface area contributed by atoms with Gasteiger partial charge in [0, 0.05) is 12.1 Å². The zero-order valence-electron chi connectivity index (χ0n) is 7.22. The molecule has 2 nitrogen and oxygen atoms in total. The maximum absolute atomic E-state index is 3.26. The van der Waals surface area contributed by atoms with Crippen LogP contribution in [0.5, 0.6) is 0 Å². The van der Waals surface area contributed by atoms with Crippen LogP contribution in [-0.2, 0) is 0 Å². The molecule has 60 valence electrons. The standard InChI is InChI=1S/C8H18N2/c1-7(9-2)6-8-4-5-10(8)3/h7-9H,4-6H2,1-3H3. The van der Waals surface area contributed by atoms with Gasteiger partial charge in [0.05, 0.1) is 0 Å². The fourth-order valence-electron chi connectivity index (χ4n) is 1.39. The van der Waals surface area contributed by atoms with Crippen molar-refractivity contribution >= 4 is 0 Å². The highest BCUT2D eigenvalue weighted by atomic mass is 15.2. The van der Waals surface area contributed by atoms with E-state index in [4.69, 9.17) is 0 Å². The van der Waals surface area contributed by atoms with Gasteiger partial charge >= 0.3 is 0 Å². The molecule has 2 heteroatoms. The summed E-state index contributed by atoms with van der Waals surface area (Å²) < 4.78 is 0. The first-order valence-electron chi connectivity index (χ1n) is 4.11. The largest absolute Gasteiger partial charge is 0.317 e. The Hall–Kier alpha value is -0.0800. The fraction of sp³-hybridized carbons (Fsp3) is 1.00. The van der Waals surface area contributed by atoms with Gasteiger partial charge in [-0.3, -0.25) is 0 Å². The van der Waals surface area contributed by atoms with Gasteiger partial charge in [0.15, 0.2) is 0 Å². The van der Waals surface area contributed by atoms with E-state index in [1.165, 1.54) is 19.4 Å². The van der Waals surface area contributed by atoms with Crippen molar-refractivity contribution in [2.45, 2.75) is 31.8 Å². The molecule has 0 bridgehead atoms. The number of nitrogens with one attached hydrogen (secondary N) is 1. The molecule has 0 saturated carbocycles. The van der Waals surface area contributed by atoms with E-state index >= 15 is 0 Å². The number of likely N-dealkylation sites (tertiary alicyclic amines) is 1. The summed E-state index contributed by atoms with van der Waals surface area (Å²) in [7, 11) is 4.24. The van der Waals surface area contributed by atoms with Gasteiger partial charge in [-0.15, -0.1) is 0 Å². The summed E-state index contributed by atoms with van der Waals surface area (Å²) in [6.45, 7) is 3.53. The Morgan fingerprint density at radius 3 is 2.70 bits per heavy atom. The second-order valence-corrected chi connectivity index (χ2v) is 3.35. The molecule has 1 saturated heterocycles. The summed E-state index contributed by atoms with van der Waals surface area (Å²) in [5.74, 6) is 0. The Labute approximate surface area is 63.6 Å². The molecule has 1 aliphatic rings. The summed E-state index contributed by atoms with van der Waals surface area (Å²) in [5, 5.41) is 3.26. The maximum atomic E-state index is 3.26. The van der Waals surface area contributed by atoms with Gasteiger partial charge < -0.3 is 10.2 Å². The highest BCUT2D eigenvalue weighted by Gasteiger charge is 2.24. The summed E-state index contributed by atoms with van der Waals surface area (Å²) in [5.41, 5.74) is 0. The number of hydrogen-bond acceptors (Lipinski definition) is 2. The van der Waals surface area contributed by atoms with Crippen LogP contribution in [0.15, 0.2) is 0 Å². The highest BCUT2D eigenvalue weighted by molar-refractivity contribution is 4.82. The minimum absolute atomic E-state index is 0.674. The first-order chi connectivity index (χ1) is 4.74. The van der Waals surface area contributed by atoms with E-state index in [1.54, 1.807) is 0 Å². The second kappa shape index (κ2) is 3.35. The molecule has 2 atom stereocenters. The molecule has 1 heterocycles. The van der Waals surface area contributed by atoms with Crippen molar-refractivity contribution in [3.8, 4) is 0 Å². The fourth-order valence-corrected chi connectivity index (χ4v) is 1.39. The minimum atomic E-state index is 0.674. The number of rotatable bonds is 3. The van der Waals surface area contributed by atoms with Crippen LogP contribution in [0, 0.1) is 0 Å². The van der Waals surface area contributed by atoms with E-state index < -0.39 is 0 Å². The van der Waals surface area contributed by atoms with Crippen LogP contribution in [0.2, 0.25) is 0 Å². The lowest BCUT2D eigenvalue weighted by Crippen LogP contribution is -2.47. The van der Waals surface area contributed by atoms with Crippen LogP contribution in [-0.4, -0.2) is 37.6 Å². The Kier molecular flexibility index (Phi) is 2.69. The molecule has 0 aromatic carbocycles. The molecule has 1 N–H and O–H groups in total. The third kappa shape index (κ3) is 1.70. The average Bonchev–Trinajstić information content (AvgIpc) is 1.96. The lowest BCUT2D eigenvalue weighted by Gasteiger charge is -2.39. The van der Waals surface area contributed by atoms with Crippen LogP contribution >= 0.6 is 0 Å². The molecule has 1 aliphatic heterocycles. The summed E-state index contributed by atoms with van der Waals surface area (Å²) >= 11 is 0. The van der Waals surface area contributed by atoms with Crippen LogP contribution < -0.4 is 5.32 Å². The van der Waals surface area contributed by atoms with E-state index in [1.807, 2.05) is 7.05 Å². The Morgan fingerprint density at radius 1 is 1.70 bits per heavy atom. The van der Waals surface area contributed by atoms with Gasteiger partial charge in [0.25, 0.3) is 0 Å². The lowest BCUT2D eigenvalue weighted by molar-refractivity contribution is 0.110. The molecule has 2 unspecified atom stereocenters. The SMILES string of the molecule is CNC(C)CC1CCN1C. The van der Waals surface area contributed by atoms with Crippen molar-refractivity contribution in [2.75, 3.05) is 20.6 Å². The molecule has 1 fully saturated rings. The summed E-state index contributed by atoms with van der Waals surface area (Å²) in [4.78, 5) is 2.42. The van der Waals surface area contributed by atoms with E-state index in [2.05, 4.69) is 24.2 Å². The minimum Gasteiger partial charge on any atom is -0.317 e. The summed E-state index contributed by atoms with van der Waals surface area (Å²) in [6.07, 6.45) is 2.69. The zero-order chi connectivity index (χ0) is 7.56. The van der Waals surface area contributed by atoms with Crippen molar-refractivity contribution in [3.63, 3.8) is 0 Å². The second-order valence-electron chi connectivity index (χ2n) is 3.35. The van der Waals surface area contributed by atoms with Crippen molar-refractivity contribution in [2.24, 2.45) is 0 Å². The van der Waals surface area contributed by atoms with Gasteiger partial charge in [-0.1, -0.05) is 0 Å². The maximum Gasteiger partial charge on any atom is 0.0119 e. The van der Waals surface area contributed by atoms with Crippen LogP contribution in [0.4, 0.5) is 0 Å². The molecule has 0 aromatic heterocycles. The van der Waals surface area contributed by atoms with Gasteiger partial charge in [-0.2, -0.15) is 0 Å². The number of hydrogen-bond donors (Lipinski definition) is 1. The first-order valence-corrected chi connectivity index (χ1v) is 4.11. The topological polar surface area (TPSA) is 15.3 Å². The molecule has 0 aromatic rings. The number of nitrogens with zero attached hydrogens (tertiary/aromatic N) is 1. The van der Waals surface area contributed by atoms with E-state index in [9.17, 15) is 0 Å². The first kappa shape index (κ1) is 8.02. The normalized spacial score (nSPS) is 29.7. The molecule has 10 heavy (non-hydrogen) atoms. The Balaban J connectivity index is 2.12. The Bertz CT molecular complexity index is 103. The molecule has 0 amide bonds. The highest BCUT2D eigenvalue weighted by Crippen LogP contribution is 2.18. The van der Waals surface area contributed by atoms with Crippen molar-refractivity contribution in [3.05, 3.63) is 0 Å². The van der Waals surface area contributed by atoms with E-state index in [0.717, 1.165) is 6.04 Å². The van der Waals surface area contributed by atoms with E-state index in [-0.39, 0.29) is 0 Å². The third-order valence-electron chi connectivity index (χ3n) is 2.56. The van der Waals surface area contributed by atoms with Gasteiger partial charge in [0.1, 0.15) is 0 Å². The van der Waals surface area contributed by atoms with Crippen LogP contribution in [0.1, 0.15) is 19.8 Å². The third-order valence-corrected chi connectivity index (χ3v) is 2.56. The Morgan fingerprint density at radius 2 is 2.40 bits per heavy atom. The average molecular weight is 142 g/mol. The van der Waals surface area contributed by atoms with Crippen LogP contribution in [0.3, 0.4) is 0 Å². The zero-order valence-corrected chi connectivity index (χ0v) is 7.22. The molecular weight excluding hydrogens is 124 g/mol. The van der Waals surface area contributed by atoms with Gasteiger partial charge in [0.2, 0.25) is 0 Å². The van der Waals surface area contributed by atoms with Crippen LogP contribution in [0.25, 0.3) is 0 Å². The van der Waals surface area contributed by atoms with Crippen molar-refractivity contribution < 1.29 is 0 Å². The van der Waals surface area contributed by atoms with Crippen molar-refractivity contribution in [1.29, 1.82) is 0 Å². The molecular formula is C8H18N2.